The lowest BCUT2D eigenvalue weighted by Gasteiger charge is -2.23. The van der Waals surface area contributed by atoms with Crippen molar-refractivity contribution in [3.63, 3.8) is 0 Å². The van der Waals surface area contributed by atoms with Crippen LogP contribution in [0.25, 0.3) is 168 Å². The molecule has 0 saturated carbocycles. The number of aromatic nitrogens is 10. The first-order chi connectivity index (χ1) is 46.4. The van der Waals surface area contributed by atoms with Gasteiger partial charge in [0.05, 0.1) is 61.8 Å². The summed E-state index contributed by atoms with van der Waals surface area (Å²) in [4.78, 5) is 43.7. The first-order valence-electron chi connectivity index (χ1n) is 31.5. The van der Waals surface area contributed by atoms with Gasteiger partial charge in [0.25, 0.3) is 0 Å². The minimum Gasteiger partial charge on any atom is -0.308 e. The van der Waals surface area contributed by atoms with Crippen LogP contribution in [-0.2, 0) is 0 Å². The molecule has 0 unspecified atom stereocenters. The van der Waals surface area contributed by atoms with E-state index >= 15 is 0 Å². The molecule has 6 aromatic heterocycles. The van der Waals surface area contributed by atoms with Crippen LogP contribution in [0.15, 0.2) is 303 Å². The van der Waals surface area contributed by atoms with Gasteiger partial charge in [-0.2, -0.15) is 0 Å². The van der Waals surface area contributed by atoms with Crippen molar-refractivity contribution < 1.29 is 0 Å². The standard InChI is InChI=1S/C84H56N10/c1-53-39-44-74-64(49-53)65-50-54(2)40-45-75(65)94(74)78-63(83-89-79(57-27-13-5-14-28-57)87-80(90-83)58-29-15-6-16-30-58)43-48-76(77(78)84-91-81(59-31-17-7-18-32-59)88-82(92-84)60-33-19-8-20-34-60)93-72-46-41-61(70-37-21-35-68(85-70)55-23-9-3-10-24-55)51-66(72)67-52-62(42-47-73(67)93)71-38-22-36-69(86-71)56-25-11-4-12-26-56/h3-52H,1-2H3. The normalized spacial score (nSPS) is 11.5. The molecular formula is C84H56N10. The molecule has 94 heavy (non-hydrogen) atoms. The number of benzene rings is 11. The molecule has 11 aromatic carbocycles. The number of nitrogens with zero attached hydrogens (tertiary/aromatic N) is 10. The average molecular weight is 1210 g/mol. The van der Waals surface area contributed by atoms with Crippen molar-refractivity contribution in [2.24, 2.45) is 0 Å². The maximum atomic E-state index is 5.71. The molecule has 17 rings (SSSR count). The predicted octanol–water partition coefficient (Wildman–Crippen LogP) is 20.3. The van der Waals surface area contributed by atoms with Crippen LogP contribution in [0.3, 0.4) is 0 Å². The Morgan fingerprint density at radius 2 is 0.543 bits per heavy atom. The van der Waals surface area contributed by atoms with Crippen LogP contribution in [0.5, 0.6) is 0 Å². The number of aryl methyl sites for hydroxylation is 2. The summed E-state index contributed by atoms with van der Waals surface area (Å²) < 4.78 is 4.78. The Balaban J connectivity index is 1.03. The third kappa shape index (κ3) is 10.0. The van der Waals surface area contributed by atoms with Gasteiger partial charge in [-0.15, -0.1) is 0 Å². The summed E-state index contributed by atoms with van der Waals surface area (Å²) in [7, 11) is 0. The van der Waals surface area contributed by atoms with Gasteiger partial charge in [-0.3, -0.25) is 0 Å². The number of hydrogen-bond donors (Lipinski definition) is 0. The second-order valence-corrected chi connectivity index (χ2v) is 23.7. The van der Waals surface area contributed by atoms with Crippen molar-refractivity contribution >= 4 is 43.6 Å². The molecule has 0 amide bonds. The molecule has 0 spiro atoms. The van der Waals surface area contributed by atoms with Crippen LogP contribution >= 0.6 is 0 Å². The Kier molecular flexibility index (Phi) is 13.7. The second kappa shape index (κ2) is 23.3. The van der Waals surface area contributed by atoms with Crippen LogP contribution in [0.1, 0.15) is 11.1 Å². The van der Waals surface area contributed by atoms with E-state index in [2.05, 4.69) is 217 Å². The van der Waals surface area contributed by atoms with Crippen LogP contribution in [0.4, 0.5) is 0 Å². The summed E-state index contributed by atoms with van der Waals surface area (Å²) >= 11 is 0. The van der Waals surface area contributed by atoms with E-state index in [1.807, 2.05) is 109 Å². The minimum absolute atomic E-state index is 0.446. The van der Waals surface area contributed by atoms with Crippen molar-refractivity contribution in [2.45, 2.75) is 13.8 Å². The Morgan fingerprint density at radius 3 is 0.936 bits per heavy atom. The van der Waals surface area contributed by atoms with Gasteiger partial charge in [0, 0.05) is 71.6 Å². The van der Waals surface area contributed by atoms with Crippen LogP contribution in [-0.4, -0.2) is 49.0 Å². The van der Waals surface area contributed by atoms with Gasteiger partial charge in [0.1, 0.15) is 0 Å². The zero-order chi connectivity index (χ0) is 62.6. The van der Waals surface area contributed by atoms with Crippen LogP contribution < -0.4 is 0 Å². The first-order valence-corrected chi connectivity index (χ1v) is 31.5. The summed E-state index contributed by atoms with van der Waals surface area (Å²) in [5.74, 6) is 3.02. The van der Waals surface area contributed by atoms with Crippen molar-refractivity contribution in [2.75, 3.05) is 0 Å². The number of fused-ring (bicyclic) bond motifs is 6. The molecule has 0 saturated heterocycles. The lowest BCUT2D eigenvalue weighted by atomic mass is 10.0. The fraction of sp³-hybridized carbons (Fsp3) is 0.0238. The highest BCUT2D eigenvalue weighted by molar-refractivity contribution is 6.14. The van der Waals surface area contributed by atoms with Gasteiger partial charge in [-0.05, 0) is 98.8 Å². The van der Waals surface area contributed by atoms with Crippen molar-refractivity contribution in [3.8, 4) is 125 Å². The fourth-order valence-corrected chi connectivity index (χ4v) is 13.1. The molecule has 0 aliphatic heterocycles. The summed E-state index contributed by atoms with van der Waals surface area (Å²) in [6.45, 7) is 4.31. The molecule has 0 aliphatic rings. The summed E-state index contributed by atoms with van der Waals surface area (Å²) in [6.07, 6.45) is 0. The van der Waals surface area contributed by atoms with E-state index in [1.54, 1.807) is 0 Å². The Bertz CT molecular complexity index is 5420. The van der Waals surface area contributed by atoms with Crippen molar-refractivity contribution in [1.29, 1.82) is 0 Å². The number of hydrogen-bond acceptors (Lipinski definition) is 8. The van der Waals surface area contributed by atoms with Gasteiger partial charge in [0.2, 0.25) is 0 Å². The molecule has 0 radical (unpaired) electrons. The molecule has 10 heteroatoms. The van der Waals surface area contributed by atoms with E-state index in [4.69, 9.17) is 39.9 Å². The lowest BCUT2D eigenvalue weighted by molar-refractivity contribution is 1.04. The molecular weight excluding hydrogens is 1150 g/mol. The Hall–Kier alpha value is -12.7. The molecule has 0 N–H and O–H groups in total. The van der Waals surface area contributed by atoms with E-state index in [0.717, 1.165) is 145 Å². The maximum Gasteiger partial charge on any atom is 0.168 e. The molecule has 442 valence electrons. The Morgan fingerprint density at radius 1 is 0.223 bits per heavy atom. The van der Waals surface area contributed by atoms with E-state index < -0.39 is 0 Å². The highest BCUT2D eigenvalue weighted by Gasteiger charge is 2.30. The number of pyridine rings is 2. The zero-order valence-electron chi connectivity index (χ0n) is 51.3. The van der Waals surface area contributed by atoms with Crippen LogP contribution in [0, 0.1) is 13.8 Å². The third-order valence-corrected chi connectivity index (χ3v) is 17.6. The second-order valence-electron chi connectivity index (χ2n) is 23.7. The highest BCUT2D eigenvalue weighted by atomic mass is 15.1. The lowest BCUT2D eigenvalue weighted by Crippen LogP contribution is -2.10. The molecule has 10 nitrogen and oxygen atoms in total. The summed E-state index contributed by atoms with van der Waals surface area (Å²) in [6, 6.07) is 105. The topological polar surface area (TPSA) is 113 Å². The van der Waals surface area contributed by atoms with Gasteiger partial charge < -0.3 is 9.13 Å². The van der Waals surface area contributed by atoms with Crippen LogP contribution in [0.2, 0.25) is 0 Å². The Labute approximate surface area is 542 Å². The van der Waals surface area contributed by atoms with Gasteiger partial charge >= 0.3 is 0 Å². The van der Waals surface area contributed by atoms with Crippen molar-refractivity contribution in [1.82, 2.24) is 49.0 Å². The van der Waals surface area contributed by atoms with Crippen molar-refractivity contribution in [3.05, 3.63) is 314 Å². The smallest absolute Gasteiger partial charge is 0.168 e. The van der Waals surface area contributed by atoms with E-state index in [1.165, 1.54) is 0 Å². The largest absolute Gasteiger partial charge is 0.308 e. The quantitative estimate of drug-likeness (QED) is 0.119. The summed E-state index contributed by atoms with van der Waals surface area (Å²) in [5, 5.41) is 4.24. The molecule has 0 fully saturated rings. The van der Waals surface area contributed by atoms with Gasteiger partial charge in [-0.1, -0.05) is 230 Å². The summed E-state index contributed by atoms with van der Waals surface area (Å²) in [5.41, 5.74) is 20.1. The van der Waals surface area contributed by atoms with E-state index in [0.29, 0.717) is 34.9 Å². The SMILES string of the molecule is Cc1ccc2c(c1)c1cc(C)ccc1n2-c1c(-c2nc(-c3ccccc3)nc(-c3ccccc3)n2)ccc(-n2c3ccc(-c4cccc(-c5ccccc5)n4)cc3c3cc(-c4cccc(-c5ccccc5)n4)ccc32)c1-c1nc(-c2ccccc2)nc(-c2ccccc2)n1. The molecule has 0 aliphatic carbocycles. The third-order valence-electron chi connectivity index (χ3n) is 17.6. The van der Waals surface area contributed by atoms with Gasteiger partial charge in [-0.25, -0.2) is 39.9 Å². The molecule has 0 bridgehead atoms. The molecule has 0 atom stereocenters. The number of rotatable bonds is 12. The minimum atomic E-state index is 0.446. The molecule has 17 aromatic rings. The molecule has 6 heterocycles. The van der Waals surface area contributed by atoms with Gasteiger partial charge in [0.15, 0.2) is 34.9 Å². The monoisotopic (exact) mass is 1200 g/mol. The first kappa shape index (κ1) is 55.4. The maximum absolute atomic E-state index is 5.71. The van der Waals surface area contributed by atoms with E-state index in [-0.39, 0.29) is 0 Å². The van der Waals surface area contributed by atoms with E-state index in [9.17, 15) is 0 Å². The predicted molar refractivity (Wildman–Crippen MR) is 381 cm³/mol. The highest BCUT2D eigenvalue weighted by Crippen LogP contribution is 2.47. The average Bonchev–Trinajstić information content (AvgIpc) is 1.49. The zero-order valence-corrected chi connectivity index (χ0v) is 51.3. The fourth-order valence-electron chi connectivity index (χ4n) is 13.1.